The fourth-order valence-corrected chi connectivity index (χ4v) is 1.71. The predicted octanol–water partition coefficient (Wildman–Crippen LogP) is 2.95. The van der Waals surface area contributed by atoms with Crippen molar-refractivity contribution < 1.29 is 18.3 Å². The van der Waals surface area contributed by atoms with Crippen LogP contribution >= 0.6 is 0 Å². The van der Waals surface area contributed by atoms with Crippen LogP contribution in [0.5, 0.6) is 5.75 Å². The minimum Gasteiger partial charge on any atom is -0.487 e. The fourth-order valence-electron chi connectivity index (χ4n) is 1.71. The number of nitrogens with one attached hydrogen (secondary N) is 1. The van der Waals surface area contributed by atoms with E-state index in [0.29, 0.717) is 11.4 Å². The van der Waals surface area contributed by atoms with E-state index in [1.807, 2.05) is 0 Å². The molecule has 6 heteroatoms. The van der Waals surface area contributed by atoms with Gasteiger partial charge >= 0.3 is 0 Å². The Morgan fingerprint density at radius 3 is 2.48 bits per heavy atom. The number of benzene rings is 2. The van der Waals surface area contributed by atoms with E-state index >= 15 is 0 Å². The molecule has 0 saturated carbocycles. The number of hydrogen-bond acceptors (Lipinski definition) is 3. The second-order valence-electron chi connectivity index (χ2n) is 4.32. The Kier molecular flexibility index (Phi) is 4.71. The molecule has 0 radical (unpaired) electrons. The molecule has 2 rings (SSSR count). The van der Waals surface area contributed by atoms with Crippen molar-refractivity contribution in [3.8, 4) is 5.75 Å². The SMILES string of the molecule is Nc1cccc(NC(=O)CCOc2c(F)cccc2F)c1. The van der Waals surface area contributed by atoms with Crippen molar-refractivity contribution in [2.75, 3.05) is 17.7 Å². The summed E-state index contributed by atoms with van der Waals surface area (Å²) in [6.07, 6.45) is -0.0391. The normalized spacial score (nSPS) is 10.2. The van der Waals surface area contributed by atoms with Gasteiger partial charge in [-0.3, -0.25) is 4.79 Å². The van der Waals surface area contributed by atoms with Crippen LogP contribution in [0.15, 0.2) is 42.5 Å². The first-order valence-electron chi connectivity index (χ1n) is 6.28. The van der Waals surface area contributed by atoms with Gasteiger partial charge in [0.2, 0.25) is 5.91 Å². The molecule has 3 N–H and O–H groups in total. The number of carbonyl (C=O) groups is 1. The summed E-state index contributed by atoms with van der Waals surface area (Å²) in [7, 11) is 0. The van der Waals surface area contributed by atoms with Crippen LogP contribution in [0.1, 0.15) is 6.42 Å². The minimum absolute atomic E-state index is 0.0391. The van der Waals surface area contributed by atoms with Gasteiger partial charge in [0.15, 0.2) is 17.4 Å². The summed E-state index contributed by atoms with van der Waals surface area (Å²) in [5.74, 6) is -2.41. The lowest BCUT2D eigenvalue weighted by atomic mass is 10.2. The van der Waals surface area contributed by atoms with Crippen molar-refractivity contribution in [3.63, 3.8) is 0 Å². The molecule has 0 spiro atoms. The van der Waals surface area contributed by atoms with E-state index in [0.717, 1.165) is 12.1 Å². The largest absolute Gasteiger partial charge is 0.487 e. The highest BCUT2D eigenvalue weighted by molar-refractivity contribution is 5.91. The summed E-state index contributed by atoms with van der Waals surface area (Å²) in [5.41, 5.74) is 6.66. The van der Waals surface area contributed by atoms with Gasteiger partial charge in [-0.2, -0.15) is 0 Å². The zero-order valence-electron chi connectivity index (χ0n) is 11.1. The molecule has 0 fully saturated rings. The third kappa shape index (κ3) is 4.17. The smallest absolute Gasteiger partial charge is 0.227 e. The molecule has 2 aromatic carbocycles. The number of hydrogen-bond donors (Lipinski definition) is 2. The van der Waals surface area contributed by atoms with Crippen LogP contribution in [-0.4, -0.2) is 12.5 Å². The Hall–Kier alpha value is -2.63. The van der Waals surface area contributed by atoms with Crippen LogP contribution in [0.2, 0.25) is 0 Å². The summed E-state index contributed by atoms with van der Waals surface area (Å²) in [5, 5.41) is 2.61. The van der Waals surface area contributed by atoms with E-state index in [1.54, 1.807) is 24.3 Å². The van der Waals surface area contributed by atoms with Crippen molar-refractivity contribution in [3.05, 3.63) is 54.1 Å². The zero-order valence-corrected chi connectivity index (χ0v) is 11.1. The van der Waals surface area contributed by atoms with Gasteiger partial charge in [0.05, 0.1) is 13.0 Å². The molecule has 0 unspecified atom stereocenters. The molecule has 0 aliphatic rings. The van der Waals surface area contributed by atoms with E-state index in [-0.39, 0.29) is 18.9 Å². The standard InChI is InChI=1S/C15H14F2N2O2/c16-12-5-2-6-13(17)15(12)21-8-7-14(20)19-11-4-1-3-10(18)9-11/h1-6,9H,7-8,18H2,(H,19,20). The lowest BCUT2D eigenvalue weighted by Crippen LogP contribution is -2.15. The third-order valence-electron chi connectivity index (χ3n) is 2.66. The highest BCUT2D eigenvalue weighted by Crippen LogP contribution is 2.21. The molecule has 0 bridgehead atoms. The number of carbonyl (C=O) groups excluding carboxylic acids is 1. The first-order chi connectivity index (χ1) is 10.1. The van der Waals surface area contributed by atoms with Crippen molar-refractivity contribution in [1.82, 2.24) is 0 Å². The fraction of sp³-hybridized carbons (Fsp3) is 0.133. The average molecular weight is 292 g/mol. The molecule has 2 aromatic rings. The number of rotatable bonds is 5. The number of para-hydroxylation sites is 1. The van der Waals surface area contributed by atoms with Crippen LogP contribution in [0.4, 0.5) is 20.2 Å². The number of ether oxygens (including phenoxy) is 1. The number of anilines is 2. The Bertz CT molecular complexity index is 627. The molecule has 0 atom stereocenters. The van der Waals surface area contributed by atoms with Gasteiger partial charge in [-0.25, -0.2) is 8.78 Å². The molecular weight excluding hydrogens is 278 g/mol. The molecule has 0 aromatic heterocycles. The molecule has 0 heterocycles. The highest BCUT2D eigenvalue weighted by Gasteiger charge is 2.10. The minimum atomic E-state index is -0.800. The number of amides is 1. The lowest BCUT2D eigenvalue weighted by molar-refractivity contribution is -0.116. The molecule has 0 aliphatic carbocycles. The molecule has 21 heavy (non-hydrogen) atoms. The van der Waals surface area contributed by atoms with Crippen LogP contribution in [0, 0.1) is 11.6 Å². The number of halogens is 2. The third-order valence-corrected chi connectivity index (χ3v) is 2.66. The summed E-state index contributed by atoms with van der Waals surface area (Å²) in [6.45, 7) is -0.133. The average Bonchev–Trinajstić information content (AvgIpc) is 2.42. The van der Waals surface area contributed by atoms with Gasteiger partial charge in [0.25, 0.3) is 0 Å². The molecule has 110 valence electrons. The summed E-state index contributed by atoms with van der Waals surface area (Å²) < 4.78 is 31.5. The van der Waals surface area contributed by atoms with Crippen molar-refractivity contribution in [1.29, 1.82) is 0 Å². The molecule has 0 aliphatic heterocycles. The van der Waals surface area contributed by atoms with E-state index < -0.39 is 17.4 Å². The predicted molar refractivity (Wildman–Crippen MR) is 76.0 cm³/mol. The van der Waals surface area contributed by atoms with Crippen LogP contribution in [0.3, 0.4) is 0 Å². The highest BCUT2D eigenvalue weighted by atomic mass is 19.1. The summed E-state index contributed by atoms with van der Waals surface area (Å²) >= 11 is 0. The molecular formula is C15H14F2N2O2. The van der Waals surface area contributed by atoms with Gasteiger partial charge in [-0.05, 0) is 30.3 Å². The maximum Gasteiger partial charge on any atom is 0.227 e. The Labute approximate surface area is 120 Å². The van der Waals surface area contributed by atoms with Crippen molar-refractivity contribution in [2.24, 2.45) is 0 Å². The molecule has 4 nitrogen and oxygen atoms in total. The van der Waals surface area contributed by atoms with Crippen molar-refractivity contribution in [2.45, 2.75) is 6.42 Å². The Balaban J connectivity index is 1.85. The van der Waals surface area contributed by atoms with Gasteiger partial charge in [-0.1, -0.05) is 12.1 Å². The van der Waals surface area contributed by atoms with Gasteiger partial charge in [0.1, 0.15) is 0 Å². The van der Waals surface area contributed by atoms with E-state index in [9.17, 15) is 13.6 Å². The number of nitrogen functional groups attached to an aromatic ring is 1. The Morgan fingerprint density at radius 2 is 1.81 bits per heavy atom. The second-order valence-corrected chi connectivity index (χ2v) is 4.32. The molecule has 0 saturated heterocycles. The van der Waals surface area contributed by atoms with Gasteiger partial charge in [0, 0.05) is 11.4 Å². The Morgan fingerprint density at radius 1 is 1.14 bits per heavy atom. The summed E-state index contributed by atoms with van der Waals surface area (Å²) in [4.78, 5) is 11.7. The second kappa shape index (κ2) is 6.69. The van der Waals surface area contributed by atoms with Gasteiger partial charge < -0.3 is 15.8 Å². The van der Waals surface area contributed by atoms with E-state index in [2.05, 4.69) is 5.32 Å². The quantitative estimate of drug-likeness (QED) is 0.833. The maximum absolute atomic E-state index is 13.3. The van der Waals surface area contributed by atoms with E-state index in [4.69, 9.17) is 10.5 Å². The van der Waals surface area contributed by atoms with Crippen LogP contribution in [0.25, 0.3) is 0 Å². The van der Waals surface area contributed by atoms with Crippen LogP contribution < -0.4 is 15.8 Å². The van der Waals surface area contributed by atoms with Gasteiger partial charge in [-0.15, -0.1) is 0 Å². The topological polar surface area (TPSA) is 64.3 Å². The molecule has 1 amide bonds. The lowest BCUT2D eigenvalue weighted by Gasteiger charge is -2.09. The summed E-state index contributed by atoms with van der Waals surface area (Å²) in [6, 6.07) is 10.1. The number of nitrogens with two attached hydrogens (primary N) is 1. The zero-order chi connectivity index (χ0) is 15.2. The first kappa shape index (κ1) is 14.8. The first-order valence-corrected chi connectivity index (χ1v) is 6.28. The van der Waals surface area contributed by atoms with Crippen LogP contribution in [-0.2, 0) is 4.79 Å². The monoisotopic (exact) mass is 292 g/mol. The maximum atomic E-state index is 13.3. The van der Waals surface area contributed by atoms with Crippen molar-refractivity contribution >= 4 is 17.3 Å². The van der Waals surface area contributed by atoms with E-state index in [1.165, 1.54) is 6.07 Å².